The predicted octanol–water partition coefficient (Wildman–Crippen LogP) is 2.42. The minimum absolute atomic E-state index is 0.562. The van der Waals surface area contributed by atoms with E-state index < -0.39 is 0 Å². The van der Waals surface area contributed by atoms with Crippen molar-refractivity contribution in [3.63, 3.8) is 0 Å². The second kappa shape index (κ2) is 6.90. The molecular formula is C20H27N5. The molecule has 1 saturated carbocycles. The second-order valence-corrected chi connectivity index (χ2v) is 7.36. The summed E-state index contributed by atoms with van der Waals surface area (Å²) in [6, 6.07) is 11.4. The molecule has 25 heavy (non-hydrogen) atoms. The summed E-state index contributed by atoms with van der Waals surface area (Å²) in [6.07, 6.45) is 7.72. The van der Waals surface area contributed by atoms with E-state index in [0.717, 1.165) is 31.4 Å². The zero-order valence-corrected chi connectivity index (χ0v) is 15.1. The SMILES string of the molecule is CN=C(NC1CC1Cc1ccccc1)N1CCC(c2cnn(C)c2)C1. The van der Waals surface area contributed by atoms with Crippen molar-refractivity contribution in [2.45, 2.75) is 31.2 Å². The molecule has 0 bridgehead atoms. The average Bonchev–Trinajstić information content (AvgIpc) is 3.02. The third-order valence-electron chi connectivity index (χ3n) is 5.47. The Morgan fingerprint density at radius 3 is 2.88 bits per heavy atom. The van der Waals surface area contributed by atoms with Gasteiger partial charge in [-0.2, -0.15) is 5.10 Å². The molecule has 4 rings (SSSR count). The van der Waals surface area contributed by atoms with Gasteiger partial charge in [-0.1, -0.05) is 30.3 Å². The molecule has 1 aliphatic carbocycles. The standard InChI is InChI=1S/C20H27N5/c1-21-20(23-19-11-17(19)10-15-6-4-3-5-7-15)25-9-8-16(14-25)18-12-22-24(2)13-18/h3-7,12-13,16-17,19H,8-11,14H2,1-2H3,(H,21,23). The van der Waals surface area contributed by atoms with Crippen LogP contribution in [0.25, 0.3) is 0 Å². The highest BCUT2D eigenvalue weighted by Crippen LogP contribution is 2.34. The zero-order chi connectivity index (χ0) is 17.2. The van der Waals surface area contributed by atoms with E-state index in [9.17, 15) is 0 Å². The lowest BCUT2D eigenvalue weighted by Gasteiger charge is -2.21. The van der Waals surface area contributed by atoms with E-state index in [1.165, 1.54) is 24.0 Å². The minimum atomic E-state index is 0.562. The Hall–Kier alpha value is -2.30. The summed E-state index contributed by atoms with van der Waals surface area (Å²) in [5, 5.41) is 8.00. The van der Waals surface area contributed by atoms with Crippen LogP contribution in [0.5, 0.6) is 0 Å². The number of hydrogen-bond acceptors (Lipinski definition) is 2. The summed E-state index contributed by atoms with van der Waals surface area (Å²) in [5.41, 5.74) is 2.78. The quantitative estimate of drug-likeness (QED) is 0.688. The van der Waals surface area contributed by atoms with Gasteiger partial charge in [-0.25, -0.2) is 0 Å². The number of aryl methyl sites for hydroxylation is 1. The highest BCUT2D eigenvalue weighted by molar-refractivity contribution is 5.81. The number of benzene rings is 1. The number of hydrogen-bond donors (Lipinski definition) is 1. The van der Waals surface area contributed by atoms with E-state index in [0.29, 0.717) is 12.0 Å². The van der Waals surface area contributed by atoms with E-state index in [1.54, 1.807) is 0 Å². The summed E-state index contributed by atoms with van der Waals surface area (Å²) >= 11 is 0. The number of aromatic nitrogens is 2. The number of likely N-dealkylation sites (tertiary alicyclic amines) is 1. The Morgan fingerprint density at radius 2 is 2.16 bits per heavy atom. The lowest BCUT2D eigenvalue weighted by molar-refractivity contribution is 0.482. The van der Waals surface area contributed by atoms with Gasteiger partial charge < -0.3 is 10.2 Å². The van der Waals surface area contributed by atoms with Gasteiger partial charge >= 0.3 is 0 Å². The first-order valence-corrected chi connectivity index (χ1v) is 9.23. The second-order valence-electron chi connectivity index (χ2n) is 7.36. The molecule has 0 spiro atoms. The van der Waals surface area contributed by atoms with Gasteiger partial charge in [-0.15, -0.1) is 0 Å². The van der Waals surface area contributed by atoms with Gasteiger partial charge in [-0.05, 0) is 36.3 Å². The minimum Gasteiger partial charge on any atom is -0.353 e. The molecule has 2 fully saturated rings. The maximum Gasteiger partial charge on any atom is 0.193 e. The Balaban J connectivity index is 1.30. The van der Waals surface area contributed by atoms with Crippen molar-refractivity contribution in [2.24, 2.45) is 18.0 Å². The Kier molecular flexibility index (Phi) is 4.47. The van der Waals surface area contributed by atoms with Gasteiger partial charge in [0, 0.05) is 45.3 Å². The molecule has 1 N–H and O–H groups in total. The lowest BCUT2D eigenvalue weighted by Crippen LogP contribution is -2.41. The van der Waals surface area contributed by atoms with Crippen LogP contribution in [0.4, 0.5) is 0 Å². The first-order valence-electron chi connectivity index (χ1n) is 9.23. The molecule has 1 saturated heterocycles. The molecule has 2 heterocycles. The van der Waals surface area contributed by atoms with E-state index in [4.69, 9.17) is 0 Å². The van der Waals surface area contributed by atoms with E-state index in [-0.39, 0.29) is 0 Å². The van der Waals surface area contributed by atoms with Crippen LogP contribution in [0.2, 0.25) is 0 Å². The summed E-state index contributed by atoms with van der Waals surface area (Å²) in [7, 11) is 3.88. The fourth-order valence-electron chi connectivity index (χ4n) is 3.91. The Labute approximate surface area is 149 Å². The Morgan fingerprint density at radius 1 is 1.32 bits per heavy atom. The smallest absolute Gasteiger partial charge is 0.193 e. The van der Waals surface area contributed by atoms with Gasteiger partial charge in [0.25, 0.3) is 0 Å². The van der Waals surface area contributed by atoms with Crippen LogP contribution < -0.4 is 5.32 Å². The first kappa shape index (κ1) is 16.2. The van der Waals surface area contributed by atoms with Gasteiger partial charge in [0.2, 0.25) is 0 Å². The molecule has 1 aromatic carbocycles. The summed E-state index contributed by atoms with van der Waals surface area (Å²) in [6.45, 7) is 2.09. The monoisotopic (exact) mass is 337 g/mol. The van der Waals surface area contributed by atoms with E-state index in [1.807, 2.05) is 25.0 Å². The molecule has 1 aliphatic heterocycles. The molecule has 2 aromatic rings. The van der Waals surface area contributed by atoms with Crippen LogP contribution in [0.15, 0.2) is 47.7 Å². The van der Waals surface area contributed by atoms with Gasteiger partial charge in [0.15, 0.2) is 5.96 Å². The number of nitrogens with one attached hydrogen (secondary N) is 1. The van der Waals surface area contributed by atoms with Crippen molar-refractivity contribution in [1.82, 2.24) is 20.0 Å². The van der Waals surface area contributed by atoms with Crippen molar-refractivity contribution >= 4 is 5.96 Å². The molecule has 5 heteroatoms. The van der Waals surface area contributed by atoms with Crippen LogP contribution in [0.3, 0.4) is 0 Å². The van der Waals surface area contributed by atoms with Gasteiger partial charge in [0.05, 0.1) is 6.20 Å². The fraction of sp³-hybridized carbons (Fsp3) is 0.500. The van der Waals surface area contributed by atoms with Crippen molar-refractivity contribution in [3.05, 3.63) is 53.9 Å². The van der Waals surface area contributed by atoms with Crippen molar-refractivity contribution in [1.29, 1.82) is 0 Å². The lowest BCUT2D eigenvalue weighted by atomic mass is 10.0. The summed E-state index contributed by atoms with van der Waals surface area (Å²) in [4.78, 5) is 6.93. The number of aliphatic imine (C=N–C) groups is 1. The predicted molar refractivity (Wildman–Crippen MR) is 101 cm³/mol. The molecule has 3 atom stereocenters. The topological polar surface area (TPSA) is 45.5 Å². The number of nitrogens with zero attached hydrogens (tertiary/aromatic N) is 4. The number of rotatable bonds is 4. The molecule has 3 unspecified atom stereocenters. The first-order chi connectivity index (χ1) is 12.2. The van der Waals surface area contributed by atoms with E-state index >= 15 is 0 Å². The maximum absolute atomic E-state index is 4.54. The highest BCUT2D eigenvalue weighted by atomic mass is 15.3. The largest absolute Gasteiger partial charge is 0.353 e. The van der Waals surface area contributed by atoms with Gasteiger partial charge in [0.1, 0.15) is 0 Å². The van der Waals surface area contributed by atoms with Crippen LogP contribution in [-0.2, 0) is 13.5 Å². The summed E-state index contributed by atoms with van der Waals surface area (Å²) < 4.78 is 1.89. The molecule has 0 amide bonds. The summed E-state index contributed by atoms with van der Waals surface area (Å²) in [5.74, 6) is 2.36. The van der Waals surface area contributed by atoms with Crippen molar-refractivity contribution in [2.75, 3.05) is 20.1 Å². The van der Waals surface area contributed by atoms with Gasteiger partial charge in [-0.3, -0.25) is 9.67 Å². The van der Waals surface area contributed by atoms with Crippen molar-refractivity contribution < 1.29 is 0 Å². The fourth-order valence-corrected chi connectivity index (χ4v) is 3.91. The Bertz CT molecular complexity index is 736. The van der Waals surface area contributed by atoms with Crippen LogP contribution in [-0.4, -0.2) is 46.8 Å². The molecule has 2 aliphatic rings. The zero-order valence-electron chi connectivity index (χ0n) is 15.1. The maximum atomic E-state index is 4.54. The van der Waals surface area contributed by atoms with Crippen LogP contribution in [0.1, 0.15) is 29.9 Å². The van der Waals surface area contributed by atoms with Crippen molar-refractivity contribution in [3.8, 4) is 0 Å². The molecule has 132 valence electrons. The van der Waals surface area contributed by atoms with Crippen LogP contribution >= 0.6 is 0 Å². The van der Waals surface area contributed by atoms with E-state index in [2.05, 4.69) is 56.8 Å². The average molecular weight is 337 g/mol. The molecule has 0 radical (unpaired) electrons. The third kappa shape index (κ3) is 3.70. The third-order valence-corrected chi connectivity index (χ3v) is 5.47. The normalized spacial score (nSPS) is 26.1. The number of guanidine groups is 1. The molecule has 1 aromatic heterocycles. The van der Waals surface area contributed by atoms with Crippen LogP contribution in [0, 0.1) is 5.92 Å². The highest BCUT2D eigenvalue weighted by Gasteiger charge is 2.39. The molecule has 5 nitrogen and oxygen atoms in total. The molecular weight excluding hydrogens is 310 g/mol.